The molecule has 10 heteroatoms. The lowest BCUT2D eigenvalue weighted by Crippen LogP contribution is -2.28. The standard InChI is InChI=1S/C13H11Cl2N5O3/c14-8-2-1-7(9(15)5-8)6-16-19-11(21)4-3-10-12(22)17-13(23)20-18-10/h1-2,5-6H,3-4H2,(H,19,21)(H2,17,20,22,23)/b16-6+. The molecule has 3 N–H and O–H groups in total. The normalized spacial score (nSPS) is 10.9. The summed E-state index contributed by atoms with van der Waals surface area (Å²) in [6.07, 6.45) is 1.42. The van der Waals surface area contributed by atoms with Crippen molar-refractivity contribution in [1.82, 2.24) is 20.6 Å². The van der Waals surface area contributed by atoms with Crippen LogP contribution in [0.1, 0.15) is 17.7 Å². The zero-order valence-electron chi connectivity index (χ0n) is 11.6. The van der Waals surface area contributed by atoms with Crippen LogP contribution in [-0.2, 0) is 11.2 Å². The molecule has 0 atom stereocenters. The largest absolute Gasteiger partial charge is 0.342 e. The molecular weight excluding hydrogens is 345 g/mol. The lowest BCUT2D eigenvalue weighted by Gasteiger charge is -2.00. The van der Waals surface area contributed by atoms with Crippen molar-refractivity contribution in [3.63, 3.8) is 0 Å². The van der Waals surface area contributed by atoms with Crippen molar-refractivity contribution in [2.45, 2.75) is 12.8 Å². The summed E-state index contributed by atoms with van der Waals surface area (Å²) in [6, 6.07) is 4.86. The van der Waals surface area contributed by atoms with E-state index in [2.05, 4.69) is 20.7 Å². The van der Waals surface area contributed by atoms with E-state index in [1.165, 1.54) is 6.21 Å². The average molecular weight is 356 g/mol. The smallest absolute Gasteiger partial charge is 0.273 e. The number of rotatable bonds is 5. The number of halogens is 2. The van der Waals surface area contributed by atoms with Gasteiger partial charge in [0, 0.05) is 23.4 Å². The Morgan fingerprint density at radius 3 is 2.83 bits per heavy atom. The van der Waals surface area contributed by atoms with Crippen molar-refractivity contribution in [2.75, 3.05) is 0 Å². The number of hydrogen-bond acceptors (Lipinski definition) is 5. The summed E-state index contributed by atoms with van der Waals surface area (Å²) < 4.78 is 0. The molecule has 1 heterocycles. The zero-order chi connectivity index (χ0) is 16.8. The van der Waals surface area contributed by atoms with E-state index in [0.717, 1.165) is 0 Å². The van der Waals surface area contributed by atoms with Gasteiger partial charge in [0.15, 0.2) is 0 Å². The number of carbonyl (C=O) groups excluding carboxylic acids is 1. The number of hydrazone groups is 1. The summed E-state index contributed by atoms with van der Waals surface area (Å²) in [5, 5.41) is 10.3. The van der Waals surface area contributed by atoms with Crippen LogP contribution in [0, 0.1) is 0 Å². The molecule has 0 spiro atoms. The van der Waals surface area contributed by atoms with Crippen LogP contribution in [0.3, 0.4) is 0 Å². The van der Waals surface area contributed by atoms with Gasteiger partial charge in [-0.25, -0.2) is 15.3 Å². The number of nitrogens with zero attached hydrogens (tertiary/aromatic N) is 2. The van der Waals surface area contributed by atoms with Gasteiger partial charge in [-0.2, -0.15) is 10.2 Å². The van der Waals surface area contributed by atoms with Gasteiger partial charge in [-0.05, 0) is 12.1 Å². The Hall–Kier alpha value is -2.45. The number of aromatic nitrogens is 3. The monoisotopic (exact) mass is 355 g/mol. The molecule has 8 nitrogen and oxygen atoms in total. The molecule has 1 aromatic carbocycles. The maximum atomic E-state index is 11.6. The summed E-state index contributed by atoms with van der Waals surface area (Å²) in [7, 11) is 0. The minimum absolute atomic E-state index is 0.0200. The highest BCUT2D eigenvalue weighted by Crippen LogP contribution is 2.19. The van der Waals surface area contributed by atoms with Gasteiger partial charge in [-0.3, -0.25) is 14.6 Å². The first-order chi connectivity index (χ1) is 11.0. The van der Waals surface area contributed by atoms with Crippen LogP contribution in [0.15, 0.2) is 32.9 Å². The third-order valence-corrected chi connectivity index (χ3v) is 3.29. The van der Waals surface area contributed by atoms with E-state index in [9.17, 15) is 14.4 Å². The quantitative estimate of drug-likeness (QED) is 0.543. The number of aromatic amines is 2. The molecule has 1 aromatic heterocycles. The Morgan fingerprint density at radius 1 is 1.35 bits per heavy atom. The van der Waals surface area contributed by atoms with Gasteiger partial charge in [-0.1, -0.05) is 29.3 Å². The predicted molar refractivity (Wildman–Crippen MR) is 86.0 cm³/mol. The molecule has 0 fully saturated rings. The van der Waals surface area contributed by atoms with Gasteiger partial charge in [-0.15, -0.1) is 0 Å². The van der Waals surface area contributed by atoms with Crippen molar-refractivity contribution >= 4 is 35.3 Å². The predicted octanol–water partition coefficient (Wildman–Crippen LogP) is 0.848. The van der Waals surface area contributed by atoms with E-state index in [-0.39, 0.29) is 18.5 Å². The van der Waals surface area contributed by atoms with Gasteiger partial charge in [0.1, 0.15) is 5.69 Å². The van der Waals surface area contributed by atoms with Gasteiger partial charge in [0.05, 0.1) is 11.2 Å². The second-order valence-electron chi connectivity index (χ2n) is 4.41. The zero-order valence-corrected chi connectivity index (χ0v) is 13.1. The van der Waals surface area contributed by atoms with E-state index in [1.807, 2.05) is 4.98 Å². The molecule has 0 aliphatic rings. The van der Waals surface area contributed by atoms with E-state index in [0.29, 0.717) is 15.6 Å². The first-order valence-electron chi connectivity index (χ1n) is 6.40. The first-order valence-corrected chi connectivity index (χ1v) is 7.16. The molecule has 120 valence electrons. The lowest BCUT2D eigenvalue weighted by molar-refractivity contribution is -0.121. The van der Waals surface area contributed by atoms with Crippen molar-refractivity contribution in [1.29, 1.82) is 0 Å². The molecule has 2 rings (SSSR count). The van der Waals surface area contributed by atoms with Crippen LogP contribution < -0.4 is 16.7 Å². The van der Waals surface area contributed by atoms with E-state index in [4.69, 9.17) is 23.2 Å². The number of amides is 1. The van der Waals surface area contributed by atoms with Crippen LogP contribution in [0.2, 0.25) is 10.0 Å². The summed E-state index contributed by atoms with van der Waals surface area (Å²) in [6.45, 7) is 0. The Morgan fingerprint density at radius 2 is 2.13 bits per heavy atom. The third-order valence-electron chi connectivity index (χ3n) is 2.73. The fourth-order valence-corrected chi connectivity index (χ4v) is 2.07. The molecule has 0 radical (unpaired) electrons. The molecule has 0 saturated carbocycles. The minimum Gasteiger partial charge on any atom is -0.273 e. The molecule has 23 heavy (non-hydrogen) atoms. The summed E-state index contributed by atoms with van der Waals surface area (Å²) in [4.78, 5) is 35.9. The van der Waals surface area contributed by atoms with Gasteiger partial charge >= 0.3 is 5.69 Å². The van der Waals surface area contributed by atoms with Crippen molar-refractivity contribution in [3.8, 4) is 0 Å². The topological polar surface area (TPSA) is 120 Å². The number of benzene rings is 1. The number of aryl methyl sites for hydroxylation is 1. The summed E-state index contributed by atoms with van der Waals surface area (Å²) >= 11 is 11.7. The van der Waals surface area contributed by atoms with Crippen LogP contribution in [0.5, 0.6) is 0 Å². The minimum atomic E-state index is -0.701. The van der Waals surface area contributed by atoms with Crippen LogP contribution in [0.25, 0.3) is 0 Å². The van der Waals surface area contributed by atoms with Crippen LogP contribution >= 0.6 is 23.2 Å². The molecule has 0 aliphatic heterocycles. The van der Waals surface area contributed by atoms with E-state index < -0.39 is 17.2 Å². The highest BCUT2D eigenvalue weighted by Gasteiger charge is 2.06. The molecule has 0 unspecified atom stereocenters. The average Bonchev–Trinajstić information content (AvgIpc) is 2.48. The fraction of sp³-hybridized carbons (Fsp3) is 0.154. The molecule has 0 saturated heterocycles. The Labute approximate surface area is 139 Å². The number of nitrogens with one attached hydrogen (secondary N) is 3. The molecule has 2 aromatic rings. The van der Waals surface area contributed by atoms with Gasteiger partial charge < -0.3 is 0 Å². The molecule has 0 bridgehead atoms. The summed E-state index contributed by atoms with van der Waals surface area (Å²) in [5.74, 6) is -0.418. The molecule has 0 aliphatic carbocycles. The highest BCUT2D eigenvalue weighted by molar-refractivity contribution is 6.36. The number of carbonyl (C=O) groups is 1. The van der Waals surface area contributed by atoms with Crippen LogP contribution in [0.4, 0.5) is 0 Å². The van der Waals surface area contributed by atoms with Crippen molar-refractivity contribution in [2.24, 2.45) is 5.10 Å². The Bertz CT molecular complexity index is 859. The maximum Gasteiger partial charge on any atom is 0.342 e. The van der Waals surface area contributed by atoms with Crippen molar-refractivity contribution in [3.05, 3.63) is 60.3 Å². The highest BCUT2D eigenvalue weighted by atomic mass is 35.5. The number of H-pyrrole nitrogens is 2. The van der Waals surface area contributed by atoms with Gasteiger partial charge in [0.25, 0.3) is 5.56 Å². The first kappa shape index (κ1) is 16.9. The van der Waals surface area contributed by atoms with Crippen molar-refractivity contribution < 1.29 is 4.79 Å². The lowest BCUT2D eigenvalue weighted by atomic mass is 10.2. The second-order valence-corrected chi connectivity index (χ2v) is 5.26. The number of hydrogen-bond donors (Lipinski definition) is 3. The molecular formula is C13H11Cl2N5O3. The second kappa shape index (κ2) is 7.70. The van der Waals surface area contributed by atoms with Gasteiger partial charge in [0.2, 0.25) is 5.91 Å². The Balaban J connectivity index is 1.88. The third kappa shape index (κ3) is 5.04. The van der Waals surface area contributed by atoms with Crippen LogP contribution in [-0.4, -0.2) is 27.3 Å². The Kier molecular flexibility index (Phi) is 5.67. The maximum absolute atomic E-state index is 11.6. The van der Waals surface area contributed by atoms with E-state index >= 15 is 0 Å². The summed E-state index contributed by atoms with van der Waals surface area (Å²) in [5.41, 5.74) is 1.63. The molecule has 1 amide bonds. The van der Waals surface area contributed by atoms with E-state index in [1.54, 1.807) is 18.2 Å². The SMILES string of the molecule is O=C(CCc1n[nH]c(=O)[nH]c1=O)N/N=C/c1ccc(Cl)cc1Cl. The fourth-order valence-electron chi connectivity index (χ4n) is 1.61.